The molecule has 1 saturated carbocycles. The summed E-state index contributed by atoms with van der Waals surface area (Å²) in [4.78, 5) is 20.3. The van der Waals surface area contributed by atoms with Crippen molar-refractivity contribution in [2.75, 3.05) is 14.2 Å². The van der Waals surface area contributed by atoms with Crippen molar-refractivity contribution in [3.05, 3.63) is 23.7 Å². The van der Waals surface area contributed by atoms with Gasteiger partial charge in [0, 0.05) is 14.2 Å². The lowest BCUT2D eigenvalue weighted by Crippen LogP contribution is -1.94. The van der Waals surface area contributed by atoms with Gasteiger partial charge >= 0.3 is 11.9 Å². The number of carbonyl (C=O) groups is 2. The first-order valence-corrected chi connectivity index (χ1v) is 6.57. The molecule has 1 aromatic rings. The van der Waals surface area contributed by atoms with Gasteiger partial charge in [-0.15, -0.1) is 0 Å². The van der Waals surface area contributed by atoms with E-state index in [1.807, 2.05) is 0 Å². The summed E-state index contributed by atoms with van der Waals surface area (Å²) in [5.41, 5.74) is 0. The van der Waals surface area contributed by atoms with E-state index in [9.17, 15) is 9.59 Å². The van der Waals surface area contributed by atoms with Gasteiger partial charge in [-0.1, -0.05) is 38.5 Å². The number of carboxylic acid groups (broad SMARTS) is 2. The minimum atomic E-state index is -1.28. The maximum atomic E-state index is 10.2. The van der Waals surface area contributed by atoms with Gasteiger partial charge in [-0.3, -0.25) is 0 Å². The van der Waals surface area contributed by atoms with Crippen LogP contribution < -0.4 is 0 Å². The maximum Gasteiger partial charge on any atom is 0.371 e. The molecule has 0 aromatic carbocycles. The number of hydrogen-bond acceptors (Lipinski definition) is 5. The number of rotatable bonds is 2. The number of hydrogen-bond donors (Lipinski definition) is 4. The molecule has 0 spiro atoms. The van der Waals surface area contributed by atoms with Crippen LogP contribution in [0.3, 0.4) is 0 Å². The molecular weight excluding hydrogens is 280 g/mol. The van der Waals surface area contributed by atoms with Gasteiger partial charge < -0.3 is 24.8 Å². The first-order chi connectivity index (χ1) is 10.1. The third-order valence-corrected chi connectivity index (χ3v) is 2.53. The molecule has 0 saturated heterocycles. The fourth-order valence-corrected chi connectivity index (χ4v) is 1.63. The lowest BCUT2D eigenvalue weighted by molar-refractivity contribution is 0.0631. The number of aliphatic hydroxyl groups is 2. The molecule has 0 amide bonds. The zero-order valence-corrected chi connectivity index (χ0v) is 12.4. The average Bonchev–Trinajstić information content (AvgIpc) is 3.04. The van der Waals surface area contributed by atoms with E-state index >= 15 is 0 Å². The van der Waals surface area contributed by atoms with Crippen LogP contribution in [0.4, 0.5) is 0 Å². The highest BCUT2D eigenvalue weighted by molar-refractivity contribution is 5.88. The van der Waals surface area contributed by atoms with E-state index in [1.54, 1.807) is 0 Å². The highest BCUT2D eigenvalue weighted by Crippen LogP contribution is 2.15. The first-order valence-electron chi connectivity index (χ1n) is 6.57. The molecule has 0 radical (unpaired) electrons. The maximum absolute atomic E-state index is 10.2. The Hall–Kier alpha value is -1.86. The quantitative estimate of drug-likeness (QED) is 0.659. The van der Waals surface area contributed by atoms with Gasteiger partial charge in [-0.05, 0) is 12.1 Å². The van der Waals surface area contributed by atoms with Crippen molar-refractivity contribution in [3.8, 4) is 0 Å². The van der Waals surface area contributed by atoms with Crippen molar-refractivity contribution >= 4 is 11.9 Å². The second kappa shape index (κ2) is 14.5. The van der Waals surface area contributed by atoms with Crippen molar-refractivity contribution in [3.63, 3.8) is 0 Å². The van der Waals surface area contributed by atoms with Crippen LogP contribution >= 0.6 is 0 Å². The van der Waals surface area contributed by atoms with Crippen molar-refractivity contribution in [1.29, 1.82) is 0 Å². The van der Waals surface area contributed by atoms with E-state index in [2.05, 4.69) is 4.42 Å². The zero-order valence-electron chi connectivity index (χ0n) is 12.4. The normalized spacial score (nSPS) is 12.4. The Balaban J connectivity index is 0. The summed E-state index contributed by atoms with van der Waals surface area (Å²) in [5, 5.41) is 30.6. The number of furan rings is 1. The number of aliphatic hydroxyl groups excluding tert-OH is 2. The standard InChI is InChI=1S/C6H4O5.C6H12.2CH4O/c7-5(8)3-1-2-4(11-3)6(9)10;1-2-4-6-5-3-1;2*1-2/h1-2H,(H,7,8)(H,9,10);1-6H2;2*2H,1H3. The molecule has 7 heteroatoms. The predicted octanol–water partition coefficient (Wildman–Crippen LogP) is 2.23. The van der Waals surface area contributed by atoms with Crippen molar-refractivity contribution in [2.24, 2.45) is 0 Å². The van der Waals surface area contributed by atoms with Crippen molar-refractivity contribution in [1.82, 2.24) is 0 Å². The van der Waals surface area contributed by atoms with Crippen LogP contribution in [-0.2, 0) is 0 Å². The monoisotopic (exact) mass is 304 g/mol. The van der Waals surface area contributed by atoms with Gasteiger partial charge in [-0.25, -0.2) is 9.59 Å². The molecule has 2 rings (SSSR count). The van der Waals surface area contributed by atoms with Crippen molar-refractivity contribution in [2.45, 2.75) is 38.5 Å². The van der Waals surface area contributed by atoms with Crippen LogP contribution in [-0.4, -0.2) is 46.6 Å². The molecule has 21 heavy (non-hydrogen) atoms. The van der Waals surface area contributed by atoms with Crippen LogP contribution in [0.15, 0.2) is 16.5 Å². The van der Waals surface area contributed by atoms with Gasteiger partial charge in [0.15, 0.2) is 0 Å². The molecule has 1 fully saturated rings. The molecule has 1 aliphatic rings. The van der Waals surface area contributed by atoms with Crippen molar-refractivity contribution < 1.29 is 34.4 Å². The third kappa shape index (κ3) is 10.6. The molecule has 1 aliphatic carbocycles. The Morgan fingerprint density at radius 3 is 1.14 bits per heavy atom. The molecule has 0 bridgehead atoms. The molecule has 1 heterocycles. The van der Waals surface area contributed by atoms with Crippen LogP contribution in [0.1, 0.15) is 59.6 Å². The van der Waals surface area contributed by atoms with E-state index in [0.29, 0.717) is 0 Å². The van der Waals surface area contributed by atoms with Gasteiger partial charge in [0.2, 0.25) is 11.5 Å². The summed E-state index contributed by atoms with van der Waals surface area (Å²) in [6.07, 6.45) is 9.00. The Morgan fingerprint density at radius 2 is 1.00 bits per heavy atom. The molecule has 0 unspecified atom stereocenters. The Kier molecular flexibility index (Phi) is 14.9. The Labute approximate surface area is 123 Å². The van der Waals surface area contributed by atoms with Gasteiger partial charge in [0.05, 0.1) is 0 Å². The average molecular weight is 304 g/mol. The molecule has 0 atom stereocenters. The summed E-state index contributed by atoms with van der Waals surface area (Å²) >= 11 is 0. The third-order valence-electron chi connectivity index (χ3n) is 2.53. The Bertz CT molecular complexity index is 340. The number of carboxylic acids is 2. The smallest absolute Gasteiger partial charge is 0.371 e. The summed E-state index contributed by atoms with van der Waals surface area (Å²) in [6, 6.07) is 2.18. The fraction of sp³-hybridized carbons (Fsp3) is 0.571. The largest absolute Gasteiger partial charge is 0.475 e. The van der Waals surface area contributed by atoms with E-state index in [4.69, 9.17) is 20.4 Å². The Morgan fingerprint density at radius 1 is 0.762 bits per heavy atom. The van der Waals surface area contributed by atoms with E-state index in [0.717, 1.165) is 26.4 Å². The first kappa shape index (κ1) is 21.4. The zero-order chi connectivity index (χ0) is 16.7. The van der Waals surface area contributed by atoms with Gasteiger partial charge in [0.1, 0.15) is 0 Å². The molecule has 122 valence electrons. The van der Waals surface area contributed by atoms with E-state index < -0.39 is 11.9 Å². The van der Waals surface area contributed by atoms with Crippen LogP contribution in [0, 0.1) is 0 Å². The van der Waals surface area contributed by atoms with E-state index in [-0.39, 0.29) is 11.5 Å². The summed E-state index contributed by atoms with van der Waals surface area (Å²) in [5.74, 6) is -3.31. The minimum absolute atomic E-state index is 0.373. The minimum Gasteiger partial charge on any atom is -0.475 e. The summed E-state index contributed by atoms with van der Waals surface area (Å²) < 4.78 is 4.41. The highest BCUT2D eigenvalue weighted by atomic mass is 16.4. The topological polar surface area (TPSA) is 128 Å². The summed E-state index contributed by atoms with van der Waals surface area (Å²) in [7, 11) is 2.00. The van der Waals surface area contributed by atoms with Gasteiger partial charge in [0.25, 0.3) is 0 Å². The van der Waals surface area contributed by atoms with Crippen LogP contribution in [0.5, 0.6) is 0 Å². The molecule has 7 nitrogen and oxygen atoms in total. The lowest BCUT2D eigenvalue weighted by atomic mass is 10.0. The second-order valence-corrected chi connectivity index (χ2v) is 3.90. The highest BCUT2D eigenvalue weighted by Gasteiger charge is 2.12. The predicted molar refractivity (Wildman–Crippen MR) is 76.6 cm³/mol. The lowest BCUT2D eigenvalue weighted by Gasteiger charge is -2.05. The number of aromatic carboxylic acids is 2. The molecular formula is C14H24O7. The fourth-order valence-electron chi connectivity index (χ4n) is 1.63. The van der Waals surface area contributed by atoms with E-state index in [1.165, 1.54) is 38.5 Å². The molecule has 1 aromatic heterocycles. The molecule has 0 aliphatic heterocycles. The second-order valence-electron chi connectivity index (χ2n) is 3.90. The SMILES string of the molecule is C1CCCCC1.CO.CO.O=C(O)c1ccc(C(=O)O)o1. The van der Waals surface area contributed by atoms with Crippen LogP contribution in [0.25, 0.3) is 0 Å². The summed E-state index contributed by atoms with van der Waals surface area (Å²) in [6.45, 7) is 0. The van der Waals surface area contributed by atoms with Gasteiger partial charge in [-0.2, -0.15) is 0 Å². The molecule has 4 N–H and O–H groups in total. The van der Waals surface area contributed by atoms with Crippen LogP contribution in [0.2, 0.25) is 0 Å².